The lowest BCUT2D eigenvalue weighted by molar-refractivity contribution is 0.105. The zero-order chi connectivity index (χ0) is 13.0. The molecule has 1 atom stereocenters. The van der Waals surface area contributed by atoms with Crippen LogP contribution in [0.25, 0.3) is 0 Å². The van der Waals surface area contributed by atoms with Crippen LogP contribution in [0.5, 0.6) is 0 Å². The summed E-state index contributed by atoms with van der Waals surface area (Å²) in [4.78, 5) is 2.70. The molecule has 2 fully saturated rings. The molecule has 2 heterocycles. The zero-order valence-corrected chi connectivity index (χ0v) is 12.7. The van der Waals surface area contributed by atoms with Crippen LogP contribution in [0, 0.1) is 11.3 Å². The summed E-state index contributed by atoms with van der Waals surface area (Å²) in [6.07, 6.45) is 8.42. The predicted octanol–water partition coefficient (Wildman–Crippen LogP) is 3.28. The Kier molecular flexibility index (Phi) is 5.08. The number of nitrogens with one attached hydrogen (secondary N) is 1. The van der Waals surface area contributed by atoms with Crippen molar-refractivity contribution < 1.29 is 0 Å². The molecule has 2 aliphatic rings. The molecule has 0 aliphatic carbocycles. The summed E-state index contributed by atoms with van der Waals surface area (Å²) in [7, 11) is 0. The van der Waals surface area contributed by atoms with Crippen LogP contribution in [0.3, 0.4) is 0 Å². The smallest absolute Gasteiger partial charge is 0.0195 e. The maximum Gasteiger partial charge on any atom is 0.0195 e. The van der Waals surface area contributed by atoms with Gasteiger partial charge in [-0.2, -0.15) is 0 Å². The summed E-state index contributed by atoms with van der Waals surface area (Å²) in [6.45, 7) is 12.4. The van der Waals surface area contributed by atoms with Crippen LogP contribution in [0.4, 0.5) is 0 Å². The molecule has 0 aromatic heterocycles. The summed E-state index contributed by atoms with van der Waals surface area (Å²) in [5.41, 5.74) is 0.507. The van der Waals surface area contributed by atoms with E-state index >= 15 is 0 Å². The van der Waals surface area contributed by atoms with Gasteiger partial charge >= 0.3 is 0 Å². The van der Waals surface area contributed by atoms with Crippen LogP contribution in [0.15, 0.2) is 0 Å². The molecule has 0 aromatic carbocycles. The predicted molar refractivity (Wildman–Crippen MR) is 78.9 cm³/mol. The van der Waals surface area contributed by atoms with Gasteiger partial charge in [0.2, 0.25) is 0 Å². The Labute approximate surface area is 114 Å². The maximum atomic E-state index is 3.73. The third kappa shape index (κ3) is 4.24. The van der Waals surface area contributed by atoms with Gasteiger partial charge in [0.05, 0.1) is 0 Å². The Morgan fingerprint density at radius 1 is 1.00 bits per heavy atom. The van der Waals surface area contributed by atoms with Crippen LogP contribution in [0.2, 0.25) is 0 Å². The first-order valence-electron chi connectivity index (χ1n) is 8.01. The van der Waals surface area contributed by atoms with Crippen molar-refractivity contribution in [3.63, 3.8) is 0 Å². The van der Waals surface area contributed by atoms with Gasteiger partial charge in [-0.3, -0.25) is 0 Å². The fourth-order valence-electron chi connectivity index (χ4n) is 3.55. The largest absolute Gasteiger partial charge is 0.313 e. The summed E-state index contributed by atoms with van der Waals surface area (Å²) < 4.78 is 0. The number of piperidine rings is 1. The van der Waals surface area contributed by atoms with E-state index in [4.69, 9.17) is 0 Å². The fourth-order valence-corrected chi connectivity index (χ4v) is 3.55. The normalized spacial score (nSPS) is 29.2. The maximum absolute atomic E-state index is 3.73. The van der Waals surface area contributed by atoms with E-state index in [1.54, 1.807) is 0 Å². The van der Waals surface area contributed by atoms with Crippen LogP contribution in [0.1, 0.15) is 59.3 Å². The second kappa shape index (κ2) is 6.38. The Hall–Kier alpha value is -0.0800. The van der Waals surface area contributed by atoms with Crippen molar-refractivity contribution in [3.8, 4) is 0 Å². The third-order valence-corrected chi connectivity index (χ3v) is 4.95. The van der Waals surface area contributed by atoms with E-state index in [1.807, 2.05) is 0 Å². The third-order valence-electron chi connectivity index (χ3n) is 4.95. The van der Waals surface area contributed by atoms with Gasteiger partial charge in [0.25, 0.3) is 0 Å². The van der Waals surface area contributed by atoms with Crippen LogP contribution in [-0.2, 0) is 0 Å². The topological polar surface area (TPSA) is 15.3 Å². The van der Waals surface area contributed by atoms with Crippen molar-refractivity contribution in [2.75, 3.05) is 26.2 Å². The lowest BCUT2D eigenvalue weighted by Crippen LogP contribution is -2.45. The molecule has 0 radical (unpaired) electrons. The van der Waals surface area contributed by atoms with E-state index in [9.17, 15) is 0 Å². The molecule has 1 unspecified atom stereocenters. The minimum atomic E-state index is 0.507. The summed E-state index contributed by atoms with van der Waals surface area (Å²) in [6, 6.07) is 0.763. The number of rotatable bonds is 2. The van der Waals surface area contributed by atoms with E-state index in [-0.39, 0.29) is 0 Å². The quantitative estimate of drug-likeness (QED) is 0.811. The molecular formula is C16H32N2. The monoisotopic (exact) mass is 252 g/mol. The highest BCUT2D eigenvalue weighted by Gasteiger charge is 2.29. The van der Waals surface area contributed by atoms with Crippen molar-refractivity contribution in [2.24, 2.45) is 11.3 Å². The van der Waals surface area contributed by atoms with Gasteiger partial charge in [0, 0.05) is 12.6 Å². The van der Waals surface area contributed by atoms with Crippen LogP contribution < -0.4 is 5.32 Å². The Morgan fingerprint density at radius 3 is 2.39 bits per heavy atom. The molecule has 2 heteroatoms. The van der Waals surface area contributed by atoms with Gasteiger partial charge in [0.1, 0.15) is 0 Å². The van der Waals surface area contributed by atoms with Crippen LogP contribution in [-0.4, -0.2) is 37.1 Å². The van der Waals surface area contributed by atoms with Gasteiger partial charge in [-0.15, -0.1) is 0 Å². The first-order valence-corrected chi connectivity index (χ1v) is 8.01. The molecule has 106 valence electrons. The van der Waals surface area contributed by atoms with Crippen molar-refractivity contribution in [1.82, 2.24) is 10.2 Å². The van der Waals surface area contributed by atoms with Gasteiger partial charge in [-0.05, 0) is 56.7 Å². The molecule has 2 saturated heterocycles. The minimum Gasteiger partial charge on any atom is -0.313 e. The minimum absolute atomic E-state index is 0.507. The van der Waals surface area contributed by atoms with Crippen LogP contribution >= 0.6 is 0 Å². The van der Waals surface area contributed by atoms with Gasteiger partial charge in [-0.1, -0.05) is 33.6 Å². The Bertz CT molecular complexity index is 228. The first kappa shape index (κ1) is 14.3. The van der Waals surface area contributed by atoms with Gasteiger partial charge in [-0.25, -0.2) is 0 Å². The number of nitrogens with zero attached hydrogens (tertiary/aromatic N) is 1. The van der Waals surface area contributed by atoms with Gasteiger partial charge in [0.15, 0.2) is 0 Å². The lowest BCUT2D eigenvalue weighted by atomic mass is 9.75. The SMILES string of the molecule is CC(C)(C)C1CCN(CC2CCCCCN2)CC1. The second-order valence-corrected chi connectivity index (χ2v) is 7.44. The molecule has 0 spiro atoms. The van der Waals surface area contributed by atoms with E-state index in [1.165, 1.54) is 64.7 Å². The van der Waals surface area contributed by atoms with E-state index in [0.717, 1.165) is 12.0 Å². The summed E-state index contributed by atoms with van der Waals surface area (Å²) >= 11 is 0. The van der Waals surface area contributed by atoms with Crippen molar-refractivity contribution in [3.05, 3.63) is 0 Å². The number of likely N-dealkylation sites (tertiary alicyclic amines) is 1. The molecule has 2 nitrogen and oxygen atoms in total. The highest BCUT2D eigenvalue weighted by atomic mass is 15.2. The number of hydrogen-bond acceptors (Lipinski definition) is 2. The summed E-state index contributed by atoms with van der Waals surface area (Å²) in [5.74, 6) is 0.927. The second-order valence-electron chi connectivity index (χ2n) is 7.44. The van der Waals surface area contributed by atoms with E-state index in [0.29, 0.717) is 5.41 Å². The van der Waals surface area contributed by atoms with Crippen molar-refractivity contribution in [1.29, 1.82) is 0 Å². The lowest BCUT2D eigenvalue weighted by Gasteiger charge is -2.39. The molecule has 0 saturated carbocycles. The Balaban J connectivity index is 1.72. The standard InChI is InChI=1S/C16H32N2/c1-16(2,3)14-8-11-18(12-9-14)13-15-7-5-4-6-10-17-15/h14-15,17H,4-13H2,1-3H3. The Morgan fingerprint density at radius 2 is 1.72 bits per heavy atom. The van der Waals surface area contributed by atoms with Crippen molar-refractivity contribution >= 4 is 0 Å². The van der Waals surface area contributed by atoms with E-state index in [2.05, 4.69) is 31.0 Å². The van der Waals surface area contributed by atoms with Crippen molar-refractivity contribution in [2.45, 2.75) is 65.3 Å². The van der Waals surface area contributed by atoms with E-state index < -0.39 is 0 Å². The average molecular weight is 252 g/mol. The fraction of sp³-hybridized carbons (Fsp3) is 1.00. The molecule has 0 bridgehead atoms. The molecule has 2 rings (SSSR count). The number of hydrogen-bond donors (Lipinski definition) is 1. The summed E-state index contributed by atoms with van der Waals surface area (Å²) in [5, 5.41) is 3.73. The molecule has 0 aromatic rings. The average Bonchev–Trinajstić information content (AvgIpc) is 2.57. The highest BCUT2D eigenvalue weighted by Crippen LogP contribution is 2.34. The highest BCUT2D eigenvalue weighted by molar-refractivity contribution is 4.83. The van der Waals surface area contributed by atoms with Gasteiger partial charge < -0.3 is 10.2 Å². The molecule has 2 aliphatic heterocycles. The molecular weight excluding hydrogens is 220 g/mol. The molecule has 0 amide bonds. The zero-order valence-electron chi connectivity index (χ0n) is 12.7. The molecule has 18 heavy (non-hydrogen) atoms. The first-order chi connectivity index (χ1) is 8.55. The molecule has 1 N–H and O–H groups in total.